The Kier molecular flexibility index (Phi) is 13.7. The minimum atomic E-state index is -0.784. The van der Waals surface area contributed by atoms with Crippen LogP contribution in [0.4, 0.5) is 4.79 Å². The van der Waals surface area contributed by atoms with E-state index in [0.29, 0.717) is 31.7 Å². The van der Waals surface area contributed by atoms with E-state index in [1.807, 2.05) is 43.5 Å². The van der Waals surface area contributed by atoms with Crippen molar-refractivity contribution in [3.8, 4) is 0 Å². The third-order valence-corrected chi connectivity index (χ3v) is 5.75. The van der Waals surface area contributed by atoms with Crippen molar-refractivity contribution in [1.29, 1.82) is 0 Å². The van der Waals surface area contributed by atoms with Gasteiger partial charge in [-0.25, -0.2) is 4.79 Å². The summed E-state index contributed by atoms with van der Waals surface area (Å²) in [5, 5.41) is 5.77. The molecule has 0 aliphatic carbocycles. The Bertz CT molecular complexity index is 752. The van der Waals surface area contributed by atoms with Crippen molar-refractivity contribution < 1.29 is 19.1 Å². The number of rotatable bonds is 14. The predicted octanol–water partition coefficient (Wildman–Crippen LogP) is 4.92. The quantitative estimate of drug-likeness (QED) is 0.359. The first-order valence-corrected chi connectivity index (χ1v) is 13.7. The number of nitrogens with zero attached hydrogens (tertiary/aromatic N) is 1. The van der Waals surface area contributed by atoms with Gasteiger partial charge < -0.3 is 20.3 Å². The first-order valence-electron chi connectivity index (χ1n) is 12.3. The van der Waals surface area contributed by atoms with Crippen LogP contribution in [0.3, 0.4) is 0 Å². The molecule has 7 nitrogen and oxygen atoms in total. The van der Waals surface area contributed by atoms with Crippen LogP contribution in [0.15, 0.2) is 30.3 Å². The number of benzene rings is 1. The number of hydrogen-bond acceptors (Lipinski definition) is 5. The van der Waals surface area contributed by atoms with E-state index in [-0.39, 0.29) is 11.8 Å². The van der Waals surface area contributed by atoms with Crippen molar-refractivity contribution in [2.75, 3.05) is 25.1 Å². The van der Waals surface area contributed by atoms with Crippen molar-refractivity contribution in [2.24, 2.45) is 0 Å². The topological polar surface area (TPSA) is 87.7 Å². The molecular weight excluding hydrogens is 450 g/mol. The van der Waals surface area contributed by atoms with Gasteiger partial charge in [0.15, 0.2) is 0 Å². The highest BCUT2D eigenvalue weighted by Gasteiger charge is 2.35. The molecule has 8 heteroatoms. The smallest absolute Gasteiger partial charge is 0.408 e. The van der Waals surface area contributed by atoms with Crippen LogP contribution >= 0.6 is 11.8 Å². The molecule has 3 amide bonds. The second-order valence-corrected chi connectivity index (χ2v) is 10.3. The Morgan fingerprint density at radius 3 is 2.29 bits per heavy atom. The van der Waals surface area contributed by atoms with E-state index in [9.17, 15) is 14.4 Å². The van der Waals surface area contributed by atoms with E-state index in [4.69, 9.17) is 4.74 Å². The zero-order chi connectivity index (χ0) is 25.6. The van der Waals surface area contributed by atoms with E-state index in [2.05, 4.69) is 17.6 Å². The summed E-state index contributed by atoms with van der Waals surface area (Å²) >= 11 is 1.60. The van der Waals surface area contributed by atoms with Crippen LogP contribution in [-0.2, 0) is 14.3 Å². The number of alkyl carbamates (subject to hydrolysis) is 1. The van der Waals surface area contributed by atoms with Crippen LogP contribution in [0.5, 0.6) is 0 Å². The summed E-state index contributed by atoms with van der Waals surface area (Å²) in [7, 11) is 0. The molecule has 1 aromatic rings. The van der Waals surface area contributed by atoms with Crippen LogP contribution in [0.25, 0.3) is 0 Å². The molecule has 192 valence electrons. The molecule has 1 aromatic carbocycles. The molecule has 0 aliphatic heterocycles. The standard InChI is InChI=1S/C26H43N3O4S/c1-7-9-13-17-27-23(30)22(20-14-11-10-12-15-20)29(18-8-2)24(31)21(16-19-34-6)28-25(32)33-26(3,4)5/h10-12,14-15,21-22H,7-9,13,16-19H2,1-6H3,(H,27,30)(H,28,32). The molecule has 1 rings (SSSR count). The highest BCUT2D eigenvalue weighted by Crippen LogP contribution is 2.24. The highest BCUT2D eigenvalue weighted by molar-refractivity contribution is 7.98. The van der Waals surface area contributed by atoms with Gasteiger partial charge in [-0.05, 0) is 57.6 Å². The van der Waals surface area contributed by atoms with Gasteiger partial charge >= 0.3 is 6.09 Å². The monoisotopic (exact) mass is 493 g/mol. The molecule has 0 bridgehead atoms. The first-order chi connectivity index (χ1) is 16.1. The summed E-state index contributed by atoms with van der Waals surface area (Å²) in [4.78, 5) is 41.3. The maximum atomic E-state index is 13.8. The Hall–Kier alpha value is -2.22. The number of carbonyl (C=O) groups is 3. The van der Waals surface area contributed by atoms with Gasteiger partial charge in [0.25, 0.3) is 0 Å². The minimum Gasteiger partial charge on any atom is -0.444 e. The lowest BCUT2D eigenvalue weighted by Crippen LogP contribution is -2.53. The number of unbranched alkanes of at least 4 members (excludes halogenated alkanes) is 2. The molecular formula is C26H43N3O4S. The Morgan fingerprint density at radius 2 is 1.74 bits per heavy atom. The summed E-state index contributed by atoms with van der Waals surface area (Å²) in [6.45, 7) is 10.4. The molecule has 0 fully saturated rings. The van der Waals surface area contributed by atoms with Crippen molar-refractivity contribution in [3.05, 3.63) is 35.9 Å². The van der Waals surface area contributed by atoms with Crippen molar-refractivity contribution >= 4 is 29.7 Å². The van der Waals surface area contributed by atoms with E-state index in [0.717, 1.165) is 24.8 Å². The van der Waals surface area contributed by atoms with Crippen LogP contribution < -0.4 is 10.6 Å². The van der Waals surface area contributed by atoms with Gasteiger partial charge in [-0.2, -0.15) is 11.8 Å². The molecule has 0 aliphatic rings. The number of hydrogen-bond donors (Lipinski definition) is 2. The van der Waals surface area contributed by atoms with E-state index < -0.39 is 23.8 Å². The zero-order valence-corrected chi connectivity index (χ0v) is 22.5. The number of nitrogens with one attached hydrogen (secondary N) is 2. The summed E-state index contributed by atoms with van der Waals surface area (Å²) in [6.07, 6.45) is 5.43. The summed E-state index contributed by atoms with van der Waals surface area (Å²) in [6, 6.07) is 7.79. The Balaban J connectivity index is 3.23. The molecule has 0 saturated carbocycles. The lowest BCUT2D eigenvalue weighted by Gasteiger charge is -2.34. The molecule has 34 heavy (non-hydrogen) atoms. The van der Waals surface area contributed by atoms with Gasteiger partial charge in [-0.15, -0.1) is 0 Å². The van der Waals surface area contributed by atoms with Gasteiger partial charge in [-0.1, -0.05) is 57.0 Å². The van der Waals surface area contributed by atoms with Gasteiger partial charge in [-0.3, -0.25) is 9.59 Å². The van der Waals surface area contributed by atoms with Gasteiger partial charge in [0, 0.05) is 13.1 Å². The lowest BCUT2D eigenvalue weighted by molar-refractivity contribution is -0.142. The number of ether oxygens (including phenoxy) is 1. The molecule has 2 N–H and O–H groups in total. The molecule has 0 radical (unpaired) electrons. The average molecular weight is 494 g/mol. The summed E-state index contributed by atoms with van der Waals surface area (Å²) in [5.41, 5.74) is 0.0730. The molecule has 2 atom stereocenters. The zero-order valence-electron chi connectivity index (χ0n) is 21.7. The van der Waals surface area contributed by atoms with Gasteiger partial charge in [0.1, 0.15) is 17.7 Å². The van der Waals surface area contributed by atoms with E-state index in [1.54, 1.807) is 37.4 Å². The fraction of sp³-hybridized carbons (Fsp3) is 0.654. The third kappa shape index (κ3) is 10.8. The van der Waals surface area contributed by atoms with Gasteiger partial charge in [0.2, 0.25) is 11.8 Å². The Morgan fingerprint density at radius 1 is 1.06 bits per heavy atom. The largest absolute Gasteiger partial charge is 0.444 e. The summed E-state index contributed by atoms with van der Waals surface area (Å²) < 4.78 is 5.40. The van der Waals surface area contributed by atoms with Crippen molar-refractivity contribution in [2.45, 2.75) is 84.4 Å². The molecule has 0 saturated heterocycles. The molecule has 0 heterocycles. The SMILES string of the molecule is CCCCCNC(=O)C(c1ccccc1)N(CCC)C(=O)C(CCSC)NC(=O)OC(C)(C)C. The number of amides is 3. The maximum Gasteiger partial charge on any atom is 0.408 e. The molecule has 0 aromatic heterocycles. The van der Waals surface area contributed by atoms with Gasteiger partial charge in [0.05, 0.1) is 0 Å². The maximum absolute atomic E-state index is 13.8. The van der Waals surface area contributed by atoms with E-state index in [1.165, 1.54) is 0 Å². The predicted molar refractivity (Wildman–Crippen MR) is 140 cm³/mol. The summed E-state index contributed by atoms with van der Waals surface area (Å²) in [5.74, 6) is 0.204. The average Bonchev–Trinajstić information content (AvgIpc) is 2.78. The minimum absolute atomic E-state index is 0.204. The normalized spacial score (nSPS) is 13.0. The van der Waals surface area contributed by atoms with Crippen molar-refractivity contribution in [1.82, 2.24) is 15.5 Å². The third-order valence-electron chi connectivity index (χ3n) is 5.10. The Labute approximate surface area is 209 Å². The van der Waals surface area contributed by atoms with Crippen molar-refractivity contribution in [3.63, 3.8) is 0 Å². The van der Waals surface area contributed by atoms with Crippen LogP contribution in [0.1, 0.15) is 78.3 Å². The highest BCUT2D eigenvalue weighted by atomic mass is 32.2. The first kappa shape index (κ1) is 29.8. The number of thioether (sulfide) groups is 1. The number of carbonyl (C=O) groups excluding carboxylic acids is 3. The van der Waals surface area contributed by atoms with Crippen LogP contribution in [0.2, 0.25) is 0 Å². The second-order valence-electron chi connectivity index (χ2n) is 9.32. The molecule has 0 spiro atoms. The molecule has 2 unspecified atom stereocenters. The van der Waals surface area contributed by atoms with E-state index >= 15 is 0 Å². The fourth-order valence-corrected chi connectivity index (χ4v) is 4.01. The van der Waals surface area contributed by atoms with Crippen LogP contribution in [0, 0.1) is 0 Å². The fourth-order valence-electron chi connectivity index (χ4n) is 3.54. The lowest BCUT2D eigenvalue weighted by atomic mass is 10.0. The van der Waals surface area contributed by atoms with Crippen LogP contribution in [-0.4, -0.2) is 59.5 Å². The second kappa shape index (κ2) is 15.6.